The van der Waals surface area contributed by atoms with Crippen molar-refractivity contribution in [2.24, 2.45) is 17.2 Å². The van der Waals surface area contributed by atoms with E-state index in [2.05, 4.69) is 0 Å². The Morgan fingerprint density at radius 1 is 1.06 bits per heavy atom. The molecule has 0 aromatic carbocycles. The maximum atomic E-state index is 5.49. The van der Waals surface area contributed by atoms with Crippen LogP contribution >= 0.6 is 0 Å². The number of hydrogen-bond acceptors (Lipinski definition) is 7. The Balaban J connectivity index is 4.56. The highest BCUT2D eigenvalue weighted by Gasteiger charge is 2.40. The molecule has 7 nitrogen and oxygen atoms in total. The van der Waals surface area contributed by atoms with Crippen LogP contribution in [0.5, 0.6) is 0 Å². The van der Waals surface area contributed by atoms with E-state index >= 15 is 0 Å². The van der Waals surface area contributed by atoms with Crippen LogP contribution in [0.15, 0.2) is 0 Å². The van der Waals surface area contributed by atoms with Gasteiger partial charge in [-0.3, -0.25) is 0 Å². The largest absolute Gasteiger partial charge is 0.417 e. The second-order valence-electron chi connectivity index (χ2n) is 3.59. The van der Waals surface area contributed by atoms with Crippen molar-refractivity contribution in [3.05, 3.63) is 0 Å². The molecule has 0 saturated carbocycles. The molecule has 6 N–H and O–H groups in total. The summed E-state index contributed by atoms with van der Waals surface area (Å²) in [5.41, 5.74) is 16.5. The van der Waals surface area contributed by atoms with Gasteiger partial charge < -0.3 is 35.8 Å². The lowest BCUT2D eigenvalue weighted by atomic mass is 10.1. The van der Waals surface area contributed by atoms with Gasteiger partial charge in [0, 0.05) is 21.3 Å². The quantitative estimate of drug-likeness (QED) is 0.325. The molecule has 0 rings (SSSR count). The highest BCUT2D eigenvalue weighted by atomic mass is 28.2. The molecule has 0 aliphatic rings. The molecule has 0 spiro atoms. The van der Waals surface area contributed by atoms with Gasteiger partial charge in [-0.05, 0) is 12.8 Å². The van der Waals surface area contributed by atoms with Crippen molar-refractivity contribution >= 4 is 10.5 Å². The van der Waals surface area contributed by atoms with Crippen LogP contribution in [0.25, 0.3) is 0 Å². The number of rotatable bonds is 8. The number of methoxy groups -OCH3 is 3. The molecule has 0 saturated heterocycles. The van der Waals surface area contributed by atoms with Gasteiger partial charge in [-0.1, -0.05) is 0 Å². The lowest BCUT2D eigenvalue weighted by molar-refractivity contribution is -0.385. The monoisotopic (exact) mass is 253 g/mol. The molecule has 8 heteroatoms. The zero-order valence-corrected chi connectivity index (χ0v) is 12.4. The Morgan fingerprint density at radius 3 is 1.75 bits per heavy atom. The second kappa shape index (κ2) is 6.62. The topological polar surface area (TPSA) is 115 Å². The highest BCUT2D eigenvalue weighted by molar-refractivity contribution is 5.98. The summed E-state index contributed by atoms with van der Waals surface area (Å²) in [6, 6.07) is 0. The Kier molecular flexibility index (Phi) is 6.59. The molecule has 0 aliphatic heterocycles. The summed E-state index contributed by atoms with van der Waals surface area (Å²) >= 11 is 0. The molecule has 0 fully saturated rings. The molecular weight excluding hydrogens is 230 g/mol. The van der Waals surface area contributed by atoms with Crippen LogP contribution in [0.3, 0.4) is 0 Å². The van der Waals surface area contributed by atoms with Gasteiger partial charge in [-0.15, -0.1) is 0 Å². The smallest absolute Gasteiger partial charge is 0.308 e. The Labute approximate surface area is 99.1 Å². The molecule has 0 aliphatic carbocycles. The summed E-state index contributed by atoms with van der Waals surface area (Å²) in [7, 11) is 4.93. The predicted molar refractivity (Wildman–Crippen MR) is 63.1 cm³/mol. The van der Waals surface area contributed by atoms with Crippen molar-refractivity contribution in [1.82, 2.24) is 0 Å². The molecule has 98 valence electrons. The third-order valence-corrected chi connectivity index (χ3v) is 2.94. The van der Waals surface area contributed by atoms with Crippen LogP contribution < -0.4 is 17.2 Å². The molecule has 0 aromatic rings. The first-order valence-electron chi connectivity index (χ1n) is 4.90. The Bertz CT molecular complexity index is 188. The molecule has 0 heterocycles. The van der Waals surface area contributed by atoms with Crippen LogP contribution in [0.4, 0.5) is 0 Å². The minimum absolute atomic E-state index is 0.359. The standard InChI is InChI=1S/C8H23N3O4Si/c1-12-8(13-2,14-3)6(15-16)4-5-7(9,10)11/h6H,4-5,9-11H2,1-3,16H3. The summed E-state index contributed by atoms with van der Waals surface area (Å²) in [5, 5.41) is 0. The summed E-state index contributed by atoms with van der Waals surface area (Å²) in [5.74, 6) is -2.48. The van der Waals surface area contributed by atoms with Crippen LogP contribution in [0.2, 0.25) is 0 Å². The number of nitrogens with two attached hydrogens (primary N) is 3. The van der Waals surface area contributed by atoms with Gasteiger partial charge in [0.05, 0.1) is 0 Å². The van der Waals surface area contributed by atoms with E-state index in [1.807, 2.05) is 0 Å². The molecule has 1 atom stereocenters. The SMILES string of the molecule is COC(OC)(OC)C(CCC(N)(N)N)O[SiH3]. The number of ether oxygens (including phenoxy) is 3. The van der Waals surface area contributed by atoms with E-state index in [9.17, 15) is 0 Å². The van der Waals surface area contributed by atoms with Crippen molar-refractivity contribution in [3.63, 3.8) is 0 Å². The maximum Gasteiger partial charge on any atom is 0.308 e. The van der Waals surface area contributed by atoms with Crippen molar-refractivity contribution in [1.29, 1.82) is 0 Å². The summed E-state index contributed by atoms with van der Waals surface area (Å²) in [4.78, 5) is 0. The van der Waals surface area contributed by atoms with Crippen molar-refractivity contribution < 1.29 is 18.6 Å². The first-order valence-corrected chi connectivity index (χ1v) is 5.71. The lowest BCUT2D eigenvalue weighted by Crippen LogP contribution is -2.59. The minimum Gasteiger partial charge on any atom is -0.417 e. The van der Waals surface area contributed by atoms with E-state index < -0.39 is 17.9 Å². The third-order valence-electron chi connectivity index (χ3n) is 2.37. The van der Waals surface area contributed by atoms with E-state index in [1.165, 1.54) is 21.3 Å². The minimum atomic E-state index is -1.24. The summed E-state index contributed by atoms with van der Waals surface area (Å²) in [6.07, 6.45) is 0.412. The number of hydrogen-bond donors (Lipinski definition) is 3. The van der Waals surface area contributed by atoms with Crippen LogP contribution in [-0.2, 0) is 18.6 Å². The van der Waals surface area contributed by atoms with E-state index in [1.54, 1.807) is 0 Å². The fourth-order valence-electron chi connectivity index (χ4n) is 1.46. The fraction of sp³-hybridized carbons (Fsp3) is 1.00. The average Bonchev–Trinajstić information content (AvgIpc) is 2.23. The zero-order chi connectivity index (χ0) is 12.8. The first-order chi connectivity index (χ1) is 7.35. The Morgan fingerprint density at radius 2 is 1.50 bits per heavy atom. The molecule has 1 unspecified atom stereocenters. The molecule has 0 aromatic heterocycles. The van der Waals surface area contributed by atoms with Gasteiger partial charge in [0.25, 0.3) is 0 Å². The molecule has 0 amide bonds. The van der Waals surface area contributed by atoms with Gasteiger partial charge in [-0.2, -0.15) is 0 Å². The zero-order valence-electron chi connectivity index (χ0n) is 10.4. The molecule has 16 heavy (non-hydrogen) atoms. The average molecular weight is 253 g/mol. The normalized spacial score (nSPS) is 15.4. The Hall–Kier alpha value is -0.0631. The van der Waals surface area contributed by atoms with Crippen molar-refractivity contribution in [2.75, 3.05) is 21.3 Å². The second-order valence-corrected chi connectivity index (χ2v) is 4.06. The van der Waals surface area contributed by atoms with Crippen molar-refractivity contribution in [3.8, 4) is 0 Å². The van der Waals surface area contributed by atoms with Gasteiger partial charge in [-0.25, -0.2) is 0 Å². The summed E-state index contributed by atoms with van der Waals surface area (Å²) in [6.45, 7) is 0. The van der Waals surface area contributed by atoms with E-state index in [0.29, 0.717) is 23.3 Å². The van der Waals surface area contributed by atoms with Gasteiger partial charge in [0.15, 0.2) is 0 Å². The lowest BCUT2D eigenvalue weighted by Gasteiger charge is -2.36. The first kappa shape index (κ1) is 15.9. The maximum absolute atomic E-state index is 5.49. The highest BCUT2D eigenvalue weighted by Crippen LogP contribution is 2.24. The molecule has 0 radical (unpaired) electrons. The van der Waals surface area contributed by atoms with E-state index in [-0.39, 0.29) is 0 Å². The van der Waals surface area contributed by atoms with Crippen LogP contribution in [0.1, 0.15) is 12.8 Å². The van der Waals surface area contributed by atoms with E-state index in [4.69, 9.17) is 35.8 Å². The van der Waals surface area contributed by atoms with E-state index in [0.717, 1.165) is 0 Å². The van der Waals surface area contributed by atoms with Gasteiger partial charge in [0.2, 0.25) is 0 Å². The fourth-order valence-corrected chi connectivity index (χ4v) is 1.99. The molecular formula is C8H23N3O4Si. The van der Waals surface area contributed by atoms with Crippen molar-refractivity contribution in [2.45, 2.75) is 30.7 Å². The van der Waals surface area contributed by atoms with Gasteiger partial charge in [0.1, 0.15) is 22.4 Å². The predicted octanol–water partition coefficient (Wildman–Crippen LogP) is -2.44. The van der Waals surface area contributed by atoms with Gasteiger partial charge >= 0.3 is 5.97 Å². The van der Waals surface area contributed by atoms with Crippen LogP contribution in [0, 0.1) is 0 Å². The van der Waals surface area contributed by atoms with Crippen LogP contribution in [-0.4, -0.2) is 49.7 Å². The summed E-state index contributed by atoms with van der Waals surface area (Å²) < 4.78 is 20.9. The third kappa shape index (κ3) is 4.43. The molecule has 0 bridgehead atoms.